The third-order valence-electron chi connectivity index (χ3n) is 7.10. The lowest BCUT2D eigenvalue weighted by molar-refractivity contribution is 0.484. The Labute approximate surface area is 207 Å². The number of nitrogens with zero attached hydrogens (tertiary/aromatic N) is 6. The molecule has 2 atom stereocenters. The number of rotatable bonds is 5. The molecule has 2 N–H and O–H groups in total. The number of aromatic nitrogens is 5. The summed E-state index contributed by atoms with van der Waals surface area (Å²) < 4.78 is 32.0. The molecule has 186 valence electrons. The van der Waals surface area contributed by atoms with Crippen molar-refractivity contribution >= 4 is 28.5 Å². The molecule has 2 aliphatic rings. The molecule has 4 aromatic rings. The summed E-state index contributed by atoms with van der Waals surface area (Å²) in [4.78, 5) is 19.7. The molecule has 2 aliphatic heterocycles. The number of pyridine rings is 1. The van der Waals surface area contributed by atoms with E-state index in [1.165, 1.54) is 6.07 Å². The van der Waals surface area contributed by atoms with Gasteiger partial charge in [0, 0.05) is 43.7 Å². The van der Waals surface area contributed by atoms with Crippen molar-refractivity contribution in [2.45, 2.75) is 45.2 Å². The average molecular weight is 491 g/mol. The van der Waals surface area contributed by atoms with E-state index in [-0.39, 0.29) is 17.7 Å². The van der Waals surface area contributed by atoms with Gasteiger partial charge in [-0.15, -0.1) is 0 Å². The van der Waals surface area contributed by atoms with Gasteiger partial charge in [0.25, 0.3) is 0 Å². The Bertz CT molecular complexity index is 1420. The zero-order chi connectivity index (χ0) is 24.8. The lowest BCUT2D eigenvalue weighted by Crippen LogP contribution is -2.49. The summed E-state index contributed by atoms with van der Waals surface area (Å²) in [5.41, 5.74) is 2.42. The van der Waals surface area contributed by atoms with E-state index in [1.54, 1.807) is 12.3 Å². The van der Waals surface area contributed by atoms with Crippen LogP contribution in [-0.2, 0) is 6.42 Å². The Morgan fingerprint density at radius 2 is 2.00 bits per heavy atom. The summed E-state index contributed by atoms with van der Waals surface area (Å²) >= 11 is 0. The third kappa shape index (κ3) is 4.05. The van der Waals surface area contributed by atoms with Gasteiger partial charge in [-0.1, -0.05) is 6.92 Å². The van der Waals surface area contributed by atoms with E-state index in [4.69, 9.17) is 0 Å². The highest BCUT2D eigenvalue weighted by molar-refractivity contribution is 5.83. The van der Waals surface area contributed by atoms with Crippen molar-refractivity contribution in [1.29, 1.82) is 0 Å². The van der Waals surface area contributed by atoms with Crippen LogP contribution in [0.1, 0.15) is 38.6 Å². The number of hydrogen-bond donors (Lipinski definition) is 2. The first-order valence-electron chi connectivity index (χ1n) is 12.4. The summed E-state index contributed by atoms with van der Waals surface area (Å²) in [6, 6.07) is 7.60. The first-order valence-corrected chi connectivity index (χ1v) is 12.4. The lowest BCUT2D eigenvalue weighted by atomic mass is 10.1. The zero-order valence-corrected chi connectivity index (χ0v) is 20.3. The van der Waals surface area contributed by atoms with Crippen molar-refractivity contribution in [3.8, 4) is 11.3 Å². The summed E-state index contributed by atoms with van der Waals surface area (Å²) in [7, 11) is 0. The fraction of sp³-hybridized carbons (Fsp3) is 0.385. The van der Waals surface area contributed by atoms with Gasteiger partial charge in [0.1, 0.15) is 22.9 Å². The van der Waals surface area contributed by atoms with Crippen molar-refractivity contribution in [1.82, 2.24) is 29.8 Å². The van der Waals surface area contributed by atoms with E-state index < -0.39 is 11.6 Å². The minimum atomic E-state index is -0.622. The van der Waals surface area contributed by atoms with Gasteiger partial charge >= 0.3 is 0 Å². The molecule has 0 aliphatic carbocycles. The van der Waals surface area contributed by atoms with E-state index in [9.17, 15) is 4.39 Å². The largest absolute Gasteiger partial charge is 0.367 e. The quantitative estimate of drug-likeness (QED) is 0.423. The SMILES string of the molecule is CCC1CCc2nc3c(F)cc(-c4nc(Nc5ccc(N6CCNC(C)C6)cn5)ncc4F)cc3n21. The van der Waals surface area contributed by atoms with Gasteiger partial charge in [-0.05, 0) is 44.0 Å². The van der Waals surface area contributed by atoms with Gasteiger partial charge in [0.05, 0.1) is 23.6 Å². The van der Waals surface area contributed by atoms with Crippen LogP contribution in [0.3, 0.4) is 0 Å². The van der Waals surface area contributed by atoms with Gasteiger partial charge in [0.2, 0.25) is 5.95 Å². The van der Waals surface area contributed by atoms with Crippen molar-refractivity contribution < 1.29 is 8.78 Å². The van der Waals surface area contributed by atoms with Crippen LogP contribution in [0.4, 0.5) is 26.2 Å². The highest BCUT2D eigenvalue weighted by atomic mass is 19.1. The van der Waals surface area contributed by atoms with E-state index in [0.29, 0.717) is 28.5 Å². The van der Waals surface area contributed by atoms with Crippen LogP contribution in [0.5, 0.6) is 0 Å². The minimum Gasteiger partial charge on any atom is -0.367 e. The molecule has 1 aromatic carbocycles. The van der Waals surface area contributed by atoms with Crippen LogP contribution in [0.25, 0.3) is 22.3 Å². The summed E-state index contributed by atoms with van der Waals surface area (Å²) in [6.45, 7) is 7.04. The van der Waals surface area contributed by atoms with Crippen LogP contribution < -0.4 is 15.5 Å². The molecular formula is C26H28F2N8. The Hall–Kier alpha value is -3.66. The van der Waals surface area contributed by atoms with Gasteiger partial charge in [0.15, 0.2) is 11.6 Å². The molecule has 5 heterocycles. The summed E-state index contributed by atoms with van der Waals surface area (Å²) in [5.74, 6) is 0.506. The molecular weight excluding hydrogens is 462 g/mol. The number of benzene rings is 1. The Morgan fingerprint density at radius 3 is 2.78 bits per heavy atom. The number of halogens is 2. The van der Waals surface area contributed by atoms with Crippen molar-refractivity contribution in [2.75, 3.05) is 29.9 Å². The van der Waals surface area contributed by atoms with Crippen molar-refractivity contribution in [2.24, 2.45) is 0 Å². The van der Waals surface area contributed by atoms with E-state index >= 15 is 4.39 Å². The molecule has 2 unspecified atom stereocenters. The Morgan fingerprint density at radius 1 is 1.11 bits per heavy atom. The maximum absolute atomic E-state index is 15.0. The number of nitrogens with one attached hydrogen (secondary N) is 2. The monoisotopic (exact) mass is 490 g/mol. The smallest absolute Gasteiger partial charge is 0.229 e. The molecule has 36 heavy (non-hydrogen) atoms. The molecule has 0 spiro atoms. The zero-order valence-electron chi connectivity index (χ0n) is 20.3. The third-order valence-corrected chi connectivity index (χ3v) is 7.10. The molecule has 0 saturated carbocycles. The number of aryl methyl sites for hydroxylation is 1. The van der Waals surface area contributed by atoms with Crippen LogP contribution >= 0.6 is 0 Å². The fourth-order valence-electron chi connectivity index (χ4n) is 5.29. The number of hydrogen-bond acceptors (Lipinski definition) is 7. The first-order chi connectivity index (χ1) is 17.5. The van der Waals surface area contributed by atoms with E-state index in [0.717, 1.165) is 56.6 Å². The second-order valence-electron chi connectivity index (χ2n) is 9.54. The maximum Gasteiger partial charge on any atom is 0.229 e. The molecule has 3 aromatic heterocycles. The van der Waals surface area contributed by atoms with E-state index in [1.807, 2.05) is 12.1 Å². The fourth-order valence-corrected chi connectivity index (χ4v) is 5.29. The number of piperazine rings is 1. The lowest BCUT2D eigenvalue weighted by Gasteiger charge is -2.33. The average Bonchev–Trinajstić information content (AvgIpc) is 3.46. The standard InChI is InChI=1S/C26H28F2N8/c1-3-17-5-7-23-33-25-19(27)10-16(11-21(25)36(17)23)24-20(28)13-31-26(34-24)32-22-6-4-18(12-30-22)35-9-8-29-15(2)14-35/h4,6,10-13,15,17,29H,3,5,7-9,14H2,1-2H3,(H,30,31,32,34). The van der Waals surface area contributed by atoms with Crippen molar-refractivity contribution in [3.63, 3.8) is 0 Å². The number of anilines is 3. The van der Waals surface area contributed by atoms with Crippen molar-refractivity contribution in [3.05, 3.63) is 54.1 Å². The topological polar surface area (TPSA) is 83.8 Å². The van der Waals surface area contributed by atoms with Gasteiger partial charge in [-0.3, -0.25) is 0 Å². The minimum absolute atomic E-state index is 0.0290. The van der Waals surface area contributed by atoms with Crippen LogP contribution in [0.15, 0.2) is 36.7 Å². The van der Waals surface area contributed by atoms with Crippen LogP contribution in [0.2, 0.25) is 0 Å². The molecule has 0 amide bonds. The predicted molar refractivity (Wildman–Crippen MR) is 136 cm³/mol. The van der Waals surface area contributed by atoms with E-state index in [2.05, 4.69) is 53.9 Å². The summed E-state index contributed by atoms with van der Waals surface area (Å²) in [5, 5.41) is 6.47. The number of imidazole rings is 1. The van der Waals surface area contributed by atoms with Gasteiger partial charge in [-0.25, -0.2) is 28.7 Å². The molecule has 1 saturated heterocycles. The van der Waals surface area contributed by atoms with Gasteiger partial charge in [-0.2, -0.15) is 0 Å². The molecule has 6 rings (SSSR count). The number of fused-ring (bicyclic) bond motifs is 3. The summed E-state index contributed by atoms with van der Waals surface area (Å²) in [6.07, 6.45) is 5.63. The second-order valence-corrected chi connectivity index (χ2v) is 9.54. The Balaban J connectivity index is 1.29. The predicted octanol–water partition coefficient (Wildman–Crippen LogP) is 4.61. The Kier molecular flexibility index (Phi) is 5.75. The van der Waals surface area contributed by atoms with Crippen LogP contribution in [0, 0.1) is 11.6 Å². The molecule has 1 fully saturated rings. The maximum atomic E-state index is 15.0. The molecule has 10 heteroatoms. The van der Waals surface area contributed by atoms with Crippen LogP contribution in [-0.4, -0.2) is 50.2 Å². The highest BCUT2D eigenvalue weighted by Crippen LogP contribution is 2.36. The van der Waals surface area contributed by atoms with Gasteiger partial charge < -0.3 is 20.1 Å². The normalized spacial score (nSPS) is 19.6. The molecule has 0 radical (unpaired) electrons. The second kappa shape index (κ2) is 9.09. The first kappa shape index (κ1) is 22.8. The molecule has 8 nitrogen and oxygen atoms in total. The highest BCUT2D eigenvalue weighted by Gasteiger charge is 2.26. The molecule has 0 bridgehead atoms.